The lowest BCUT2D eigenvalue weighted by molar-refractivity contribution is 0.0706. The molecule has 0 unspecified atom stereocenters. The van der Waals surface area contributed by atoms with E-state index in [0.717, 1.165) is 22.7 Å². The van der Waals surface area contributed by atoms with E-state index in [9.17, 15) is 4.79 Å². The number of rotatable bonds is 4. The lowest BCUT2D eigenvalue weighted by atomic mass is 9.93. The third-order valence-corrected chi connectivity index (χ3v) is 4.54. The highest BCUT2D eigenvalue weighted by atomic mass is 16.5. The minimum atomic E-state index is -0.525. The Hall–Kier alpha value is -2.86. The fourth-order valence-electron chi connectivity index (χ4n) is 3.05. The fraction of sp³-hybridized carbons (Fsp3) is 0.222. The van der Waals surface area contributed by atoms with Crippen LogP contribution < -0.4 is 10.8 Å². The number of hydrogen-bond donors (Lipinski definition) is 3. The number of fused-ring (bicyclic) bond motifs is 1. The molecule has 122 valence electrons. The van der Waals surface area contributed by atoms with Gasteiger partial charge in [0.2, 0.25) is 5.95 Å². The molecule has 0 aliphatic heterocycles. The number of hydrogen-bond acceptors (Lipinski definition) is 4. The summed E-state index contributed by atoms with van der Waals surface area (Å²) in [5.74, 6) is 0.295. The summed E-state index contributed by atoms with van der Waals surface area (Å²) in [6.45, 7) is 0. The number of nitrogens with zero attached hydrogens (tertiary/aromatic N) is 2. The van der Waals surface area contributed by atoms with Gasteiger partial charge < -0.3 is 9.88 Å². The van der Waals surface area contributed by atoms with Gasteiger partial charge in [-0.05, 0) is 55.7 Å². The topological polar surface area (TPSA) is 79.2 Å². The van der Waals surface area contributed by atoms with Gasteiger partial charge in [0.1, 0.15) is 0 Å². The van der Waals surface area contributed by atoms with Crippen molar-refractivity contribution in [1.82, 2.24) is 15.0 Å². The summed E-state index contributed by atoms with van der Waals surface area (Å²) in [6.07, 6.45) is 3.59. The Morgan fingerprint density at radius 2 is 1.88 bits per heavy atom. The number of carbonyl (C=O) groups is 1. The third kappa shape index (κ3) is 2.51. The molecule has 6 nitrogen and oxygen atoms in total. The van der Waals surface area contributed by atoms with Gasteiger partial charge in [0.15, 0.2) is 0 Å². The quantitative estimate of drug-likeness (QED) is 0.506. The number of benzene rings is 2. The summed E-state index contributed by atoms with van der Waals surface area (Å²) >= 11 is 0. The molecule has 0 radical (unpaired) electrons. The van der Waals surface area contributed by atoms with Crippen LogP contribution in [0.1, 0.15) is 35.7 Å². The fourth-order valence-corrected chi connectivity index (χ4v) is 3.05. The van der Waals surface area contributed by atoms with E-state index in [-0.39, 0.29) is 0 Å². The first-order chi connectivity index (χ1) is 11.8. The van der Waals surface area contributed by atoms with Gasteiger partial charge in [-0.2, -0.15) is 0 Å². The van der Waals surface area contributed by atoms with Crippen LogP contribution in [0.2, 0.25) is 0 Å². The van der Waals surface area contributed by atoms with Crippen molar-refractivity contribution in [3.8, 4) is 0 Å². The van der Waals surface area contributed by atoms with Gasteiger partial charge in [0, 0.05) is 17.3 Å². The Morgan fingerprint density at radius 3 is 2.54 bits per heavy atom. The van der Waals surface area contributed by atoms with Crippen molar-refractivity contribution in [3.63, 3.8) is 0 Å². The predicted molar refractivity (Wildman–Crippen MR) is 91.6 cm³/mol. The highest BCUT2D eigenvalue weighted by Gasteiger charge is 2.24. The molecule has 24 heavy (non-hydrogen) atoms. The Kier molecular flexibility index (Phi) is 3.66. The Morgan fingerprint density at radius 1 is 1.12 bits per heavy atom. The second-order valence-electron chi connectivity index (χ2n) is 6.02. The number of anilines is 2. The average molecular weight is 322 g/mol. The minimum Gasteiger partial charge on any atom is -0.326 e. The first kappa shape index (κ1) is 14.7. The maximum absolute atomic E-state index is 11.4. The molecule has 4 rings (SSSR count). The molecule has 1 aliphatic rings. The van der Waals surface area contributed by atoms with Crippen molar-refractivity contribution in [2.75, 3.05) is 5.32 Å². The third-order valence-electron chi connectivity index (χ3n) is 4.54. The lowest BCUT2D eigenvalue weighted by Gasteiger charge is -2.29. The van der Waals surface area contributed by atoms with Gasteiger partial charge in [0.05, 0.1) is 11.0 Å². The maximum Gasteiger partial charge on any atom is 0.274 e. The molecule has 1 amide bonds. The zero-order valence-corrected chi connectivity index (χ0v) is 13.1. The largest absolute Gasteiger partial charge is 0.326 e. The lowest BCUT2D eigenvalue weighted by Crippen LogP contribution is -2.19. The highest BCUT2D eigenvalue weighted by Crippen LogP contribution is 2.37. The summed E-state index contributed by atoms with van der Waals surface area (Å²) in [5, 5.41) is 12.0. The van der Waals surface area contributed by atoms with Crippen LogP contribution in [-0.2, 0) is 0 Å². The summed E-state index contributed by atoms with van der Waals surface area (Å²) < 4.78 is 2.27. The minimum absolute atomic E-state index is 0.399. The molecule has 1 saturated carbocycles. The van der Waals surface area contributed by atoms with Crippen LogP contribution in [0.5, 0.6) is 0 Å². The molecular weight excluding hydrogens is 304 g/mol. The van der Waals surface area contributed by atoms with Crippen LogP contribution >= 0.6 is 0 Å². The van der Waals surface area contributed by atoms with Crippen LogP contribution in [0.3, 0.4) is 0 Å². The van der Waals surface area contributed by atoms with Crippen LogP contribution in [-0.4, -0.2) is 20.7 Å². The van der Waals surface area contributed by atoms with Gasteiger partial charge in [0.25, 0.3) is 5.91 Å². The van der Waals surface area contributed by atoms with Gasteiger partial charge in [-0.1, -0.05) is 12.1 Å². The highest BCUT2D eigenvalue weighted by molar-refractivity contribution is 5.93. The van der Waals surface area contributed by atoms with Gasteiger partial charge in [-0.25, -0.2) is 10.5 Å². The summed E-state index contributed by atoms with van der Waals surface area (Å²) in [7, 11) is 0. The zero-order valence-electron chi connectivity index (χ0n) is 13.1. The van der Waals surface area contributed by atoms with E-state index in [1.807, 2.05) is 18.2 Å². The average Bonchev–Trinajstić information content (AvgIpc) is 2.91. The van der Waals surface area contributed by atoms with Crippen molar-refractivity contribution in [3.05, 3.63) is 54.1 Å². The SMILES string of the molecule is O=C(NO)c1ccc(Nc2nc3ccccc3n2C2CCC2)cc1. The number of imidazole rings is 1. The van der Waals surface area contributed by atoms with Crippen LogP contribution in [0, 0.1) is 0 Å². The van der Waals surface area contributed by atoms with E-state index in [1.165, 1.54) is 19.3 Å². The van der Waals surface area contributed by atoms with Crippen LogP contribution in [0.25, 0.3) is 11.0 Å². The van der Waals surface area contributed by atoms with Crippen LogP contribution in [0.4, 0.5) is 11.6 Å². The smallest absolute Gasteiger partial charge is 0.274 e. The second-order valence-corrected chi connectivity index (χ2v) is 6.02. The molecule has 0 saturated heterocycles. The van der Waals surface area contributed by atoms with E-state index in [0.29, 0.717) is 11.6 Å². The van der Waals surface area contributed by atoms with Crippen molar-refractivity contribution < 1.29 is 10.0 Å². The van der Waals surface area contributed by atoms with Crippen molar-refractivity contribution in [2.45, 2.75) is 25.3 Å². The summed E-state index contributed by atoms with van der Waals surface area (Å²) in [5.41, 5.74) is 4.99. The molecule has 1 aliphatic carbocycles. The van der Waals surface area contributed by atoms with Crippen LogP contribution in [0.15, 0.2) is 48.5 Å². The second kappa shape index (κ2) is 5.98. The van der Waals surface area contributed by atoms with Crippen molar-refractivity contribution in [1.29, 1.82) is 0 Å². The van der Waals surface area contributed by atoms with Crippen molar-refractivity contribution in [2.24, 2.45) is 0 Å². The first-order valence-electron chi connectivity index (χ1n) is 8.05. The van der Waals surface area contributed by atoms with E-state index >= 15 is 0 Å². The van der Waals surface area contributed by atoms with Gasteiger partial charge >= 0.3 is 0 Å². The van der Waals surface area contributed by atoms with Gasteiger partial charge in [-0.3, -0.25) is 10.0 Å². The monoisotopic (exact) mass is 322 g/mol. The molecule has 1 aromatic heterocycles. The maximum atomic E-state index is 11.4. The molecule has 0 atom stereocenters. The Labute approximate surface area is 139 Å². The molecule has 3 aromatic rings. The Bertz CT molecular complexity index is 882. The Balaban J connectivity index is 1.67. The van der Waals surface area contributed by atoms with Gasteiger partial charge in [-0.15, -0.1) is 0 Å². The van der Waals surface area contributed by atoms with E-state index < -0.39 is 5.91 Å². The molecule has 6 heteroatoms. The molecule has 3 N–H and O–H groups in total. The molecular formula is C18H18N4O2. The molecule has 0 bridgehead atoms. The number of carbonyl (C=O) groups excluding carboxylic acids is 1. The molecule has 2 aromatic carbocycles. The normalized spacial score (nSPS) is 14.4. The number of amides is 1. The summed E-state index contributed by atoms with van der Waals surface area (Å²) in [4.78, 5) is 16.1. The van der Waals surface area contributed by atoms with Crippen molar-refractivity contribution >= 4 is 28.6 Å². The zero-order chi connectivity index (χ0) is 16.5. The number of hydroxylamine groups is 1. The molecule has 1 heterocycles. The first-order valence-corrected chi connectivity index (χ1v) is 8.05. The van der Waals surface area contributed by atoms with E-state index in [1.54, 1.807) is 29.7 Å². The molecule has 1 fully saturated rings. The molecule has 0 spiro atoms. The number of aromatic nitrogens is 2. The van der Waals surface area contributed by atoms with E-state index in [4.69, 9.17) is 10.2 Å². The number of nitrogens with one attached hydrogen (secondary N) is 2. The number of para-hydroxylation sites is 2. The van der Waals surface area contributed by atoms with E-state index in [2.05, 4.69) is 16.0 Å². The predicted octanol–water partition coefficient (Wildman–Crippen LogP) is 3.62. The standard InChI is InChI=1S/C18H18N4O2/c23-17(21-24)12-8-10-13(11-9-12)19-18-20-15-6-1-2-7-16(15)22(18)14-4-3-5-14/h1-2,6-11,14,24H,3-5H2,(H,19,20)(H,21,23). The summed E-state index contributed by atoms with van der Waals surface area (Å²) in [6, 6.07) is 15.5.